The van der Waals surface area contributed by atoms with Crippen molar-refractivity contribution in [1.29, 1.82) is 0 Å². The topological polar surface area (TPSA) is 41.1 Å². The van der Waals surface area contributed by atoms with Crippen LogP contribution in [0, 0.1) is 0 Å². The van der Waals surface area contributed by atoms with Crippen LogP contribution >= 0.6 is 11.3 Å². The highest BCUT2D eigenvalue weighted by atomic mass is 32.1. The van der Waals surface area contributed by atoms with Crippen LogP contribution in [0.5, 0.6) is 0 Å². The molecule has 2 fully saturated rings. The Kier molecular flexibility index (Phi) is 3.52. The van der Waals surface area contributed by atoms with Crippen LogP contribution in [-0.4, -0.2) is 40.3 Å². The predicted molar refractivity (Wildman–Crippen MR) is 75.2 cm³/mol. The molecule has 3 heterocycles. The second-order valence-electron chi connectivity index (χ2n) is 5.74. The lowest BCUT2D eigenvalue weighted by Gasteiger charge is -2.36. The summed E-state index contributed by atoms with van der Waals surface area (Å²) in [6.07, 6.45) is 5.28. The third-order valence-corrected chi connectivity index (χ3v) is 5.24. The first-order valence-electron chi connectivity index (χ1n) is 7.08. The lowest BCUT2D eigenvalue weighted by atomic mass is 9.97. The van der Waals surface area contributed by atoms with Gasteiger partial charge < -0.3 is 5.32 Å². The molecule has 100 valence electrons. The van der Waals surface area contributed by atoms with Crippen LogP contribution in [0.15, 0.2) is 0 Å². The van der Waals surface area contributed by atoms with Gasteiger partial charge in [-0.3, -0.25) is 4.90 Å². The van der Waals surface area contributed by atoms with Crippen molar-refractivity contribution < 1.29 is 0 Å². The molecule has 0 saturated carbocycles. The number of rotatable bonds is 3. The summed E-state index contributed by atoms with van der Waals surface area (Å²) >= 11 is 1.72. The second kappa shape index (κ2) is 5.13. The number of anilines is 1. The number of hydrogen-bond acceptors (Lipinski definition) is 5. The molecule has 0 aromatic carbocycles. The summed E-state index contributed by atoms with van der Waals surface area (Å²) in [5, 5.41) is 14.3. The average molecular weight is 266 g/mol. The van der Waals surface area contributed by atoms with Gasteiger partial charge >= 0.3 is 0 Å². The van der Waals surface area contributed by atoms with E-state index in [9.17, 15) is 0 Å². The van der Waals surface area contributed by atoms with Gasteiger partial charge in [0, 0.05) is 18.0 Å². The quantitative estimate of drug-likeness (QED) is 0.913. The maximum atomic E-state index is 4.28. The molecule has 2 aliphatic rings. The highest BCUT2D eigenvalue weighted by molar-refractivity contribution is 7.15. The van der Waals surface area contributed by atoms with Gasteiger partial charge in [-0.05, 0) is 38.8 Å². The monoisotopic (exact) mass is 266 g/mol. The van der Waals surface area contributed by atoms with E-state index >= 15 is 0 Å². The molecule has 2 saturated heterocycles. The fourth-order valence-electron chi connectivity index (χ4n) is 3.15. The lowest BCUT2D eigenvalue weighted by molar-refractivity contribution is 0.183. The van der Waals surface area contributed by atoms with Crippen LogP contribution in [0.3, 0.4) is 0 Å². The Morgan fingerprint density at radius 2 is 2.00 bits per heavy atom. The third-order valence-electron chi connectivity index (χ3n) is 4.08. The largest absolute Gasteiger partial charge is 0.356 e. The molecule has 2 atom stereocenters. The van der Waals surface area contributed by atoms with Gasteiger partial charge in [-0.2, -0.15) is 0 Å². The van der Waals surface area contributed by atoms with Crippen molar-refractivity contribution in [2.75, 3.05) is 18.4 Å². The second-order valence-corrected chi connectivity index (χ2v) is 6.75. The van der Waals surface area contributed by atoms with Gasteiger partial charge in [-0.15, -0.1) is 10.2 Å². The molecule has 5 heteroatoms. The van der Waals surface area contributed by atoms with E-state index in [2.05, 4.69) is 34.3 Å². The Bertz CT molecular complexity index is 403. The molecule has 3 rings (SSSR count). The van der Waals surface area contributed by atoms with Crippen LogP contribution in [0.2, 0.25) is 0 Å². The van der Waals surface area contributed by atoms with Crippen LogP contribution in [-0.2, 0) is 0 Å². The number of nitrogens with one attached hydrogen (secondary N) is 1. The zero-order chi connectivity index (χ0) is 12.5. The summed E-state index contributed by atoms with van der Waals surface area (Å²) in [7, 11) is 0. The highest BCUT2D eigenvalue weighted by Crippen LogP contribution is 2.30. The van der Waals surface area contributed by atoms with E-state index in [0.29, 0.717) is 12.0 Å². The van der Waals surface area contributed by atoms with Gasteiger partial charge in [0.2, 0.25) is 5.13 Å². The van der Waals surface area contributed by atoms with Crippen LogP contribution in [0.4, 0.5) is 5.13 Å². The standard InChI is InChI=1S/C13H22N4S/c1-9(2)12-15-16-13(18-12)14-10-5-3-7-17-8-4-6-11(10)17/h9-11H,3-8H2,1-2H3,(H,14,16)/t10-,11-/m0/s1. The highest BCUT2D eigenvalue weighted by Gasteiger charge is 2.34. The van der Waals surface area contributed by atoms with Crippen molar-refractivity contribution in [3.05, 3.63) is 5.01 Å². The molecular weight excluding hydrogens is 244 g/mol. The van der Waals surface area contributed by atoms with E-state index in [0.717, 1.165) is 16.2 Å². The number of nitrogens with zero attached hydrogens (tertiary/aromatic N) is 3. The minimum atomic E-state index is 0.479. The first kappa shape index (κ1) is 12.4. The van der Waals surface area contributed by atoms with E-state index in [4.69, 9.17) is 0 Å². The van der Waals surface area contributed by atoms with Crippen molar-refractivity contribution in [3.8, 4) is 0 Å². The van der Waals surface area contributed by atoms with Crippen molar-refractivity contribution in [3.63, 3.8) is 0 Å². The zero-order valence-corrected chi connectivity index (χ0v) is 12.0. The van der Waals surface area contributed by atoms with Crippen molar-refractivity contribution >= 4 is 16.5 Å². The molecule has 1 aromatic rings. The smallest absolute Gasteiger partial charge is 0.205 e. The molecule has 0 unspecified atom stereocenters. The fourth-order valence-corrected chi connectivity index (χ4v) is 3.95. The van der Waals surface area contributed by atoms with Crippen molar-refractivity contribution in [1.82, 2.24) is 15.1 Å². The van der Waals surface area contributed by atoms with Crippen LogP contribution in [0.1, 0.15) is 50.5 Å². The fraction of sp³-hybridized carbons (Fsp3) is 0.846. The molecule has 0 spiro atoms. The Morgan fingerprint density at radius 3 is 2.72 bits per heavy atom. The maximum Gasteiger partial charge on any atom is 0.205 e. The van der Waals surface area contributed by atoms with Gasteiger partial charge in [0.25, 0.3) is 0 Å². The molecule has 2 aliphatic heterocycles. The summed E-state index contributed by atoms with van der Waals surface area (Å²) in [6, 6.07) is 1.30. The number of fused-ring (bicyclic) bond motifs is 1. The summed E-state index contributed by atoms with van der Waals surface area (Å²) in [5.74, 6) is 0.479. The van der Waals surface area contributed by atoms with Gasteiger partial charge in [0.05, 0.1) is 0 Å². The molecular formula is C13H22N4S. The molecule has 0 amide bonds. The normalized spacial score (nSPS) is 28.6. The predicted octanol–water partition coefficient (Wildman–Crippen LogP) is 2.70. The van der Waals surface area contributed by atoms with E-state index in [1.165, 1.54) is 38.8 Å². The molecule has 0 aliphatic carbocycles. The van der Waals surface area contributed by atoms with E-state index in [1.54, 1.807) is 11.3 Å². The summed E-state index contributed by atoms with van der Waals surface area (Å²) < 4.78 is 0. The van der Waals surface area contributed by atoms with Crippen molar-refractivity contribution in [2.24, 2.45) is 0 Å². The maximum absolute atomic E-state index is 4.28. The SMILES string of the molecule is CC(C)c1nnc(N[C@H]2CCCN3CCC[C@@H]23)s1. The van der Waals surface area contributed by atoms with Gasteiger partial charge in [-0.1, -0.05) is 25.2 Å². The third kappa shape index (κ3) is 2.38. The van der Waals surface area contributed by atoms with E-state index < -0.39 is 0 Å². The molecule has 0 radical (unpaired) electrons. The Morgan fingerprint density at radius 1 is 1.22 bits per heavy atom. The Labute approximate surface area is 113 Å². The molecule has 4 nitrogen and oxygen atoms in total. The van der Waals surface area contributed by atoms with Crippen LogP contribution in [0.25, 0.3) is 0 Å². The van der Waals surface area contributed by atoms with Crippen LogP contribution < -0.4 is 5.32 Å². The van der Waals surface area contributed by atoms with Gasteiger partial charge in [0.1, 0.15) is 5.01 Å². The van der Waals surface area contributed by atoms with E-state index in [1.807, 2.05) is 0 Å². The minimum absolute atomic E-state index is 0.479. The lowest BCUT2D eigenvalue weighted by Crippen LogP contribution is -2.47. The number of aromatic nitrogens is 2. The number of piperidine rings is 1. The van der Waals surface area contributed by atoms with Crippen molar-refractivity contribution in [2.45, 2.75) is 57.5 Å². The summed E-state index contributed by atoms with van der Waals surface area (Å²) in [6.45, 7) is 6.92. The van der Waals surface area contributed by atoms with E-state index in [-0.39, 0.29) is 0 Å². The Balaban J connectivity index is 1.67. The van der Waals surface area contributed by atoms with Gasteiger partial charge in [0.15, 0.2) is 0 Å². The van der Waals surface area contributed by atoms with Gasteiger partial charge in [-0.25, -0.2) is 0 Å². The summed E-state index contributed by atoms with van der Waals surface area (Å²) in [5.41, 5.74) is 0. The summed E-state index contributed by atoms with van der Waals surface area (Å²) in [4.78, 5) is 2.64. The number of hydrogen-bond donors (Lipinski definition) is 1. The first-order valence-corrected chi connectivity index (χ1v) is 7.89. The zero-order valence-electron chi connectivity index (χ0n) is 11.2. The molecule has 18 heavy (non-hydrogen) atoms. The molecule has 1 aromatic heterocycles. The first-order chi connectivity index (χ1) is 8.74. The molecule has 1 N–H and O–H groups in total. The Hall–Kier alpha value is -0.680. The molecule has 0 bridgehead atoms. The average Bonchev–Trinajstić information content (AvgIpc) is 2.97. The minimum Gasteiger partial charge on any atom is -0.356 e.